The molecule has 0 aliphatic carbocycles. The van der Waals surface area contributed by atoms with Crippen LogP contribution in [-0.2, 0) is 4.74 Å². The lowest BCUT2D eigenvalue weighted by Crippen LogP contribution is -2.31. The van der Waals surface area contributed by atoms with Gasteiger partial charge < -0.3 is 15.0 Å². The minimum atomic E-state index is -0.398. The van der Waals surface area contributed by atoms with Crippen LogP contribution in [0.2, 0.25) is 0 Å². The van der Waals surface area contributed by atoms with E-state index in [0.29, 0.717) is 23.4 Å². The van der Waals surface area contributed by atoms with Crippen molar-refractivity contribution in [1.82, 2.24) is 10.3 Å². The first-order valence-corrected chi connectivity index (χ1v) is 7.52. The first-order valence-electron chi connectivity index (χ1n) is 7.52. The first-order chi connectivity index (χ1) is 11.1. The average molecular weight is 316 g/mol. The van der Waals surface area contributed by atoms with Gasteiger partial charge in [-0.3, -0.25) is 9.59 Å². The van der Waals surface area contributed by atoms with Crippen molar-refractivity contribution in [2.75, 3.05) is 13.2 Å². The molecule has 1 aromatic carbocycles. The topological polar surface area (TPSA) is 71.2 Å². The van der Waals surface area contributed by atoms with Crippen LogP contribution in [-0.4, -0.2) is 35.9 Å². The number of amides is 1. The Labute approximate surface area is 132 Å². The predicted octanol–water partition coefficient (Wildman–Crippen LogP) is 2.29. The molecule has 0 saturated carbocycles. The molecule has 3 rings (SSSR count). The lowest BCUT2D eigenvalue weighted by atomic mass is 10.1. The van der Waals surface area contributed by atoms with Gasteiger partial charge in [-0.05, 0) is 43.2 Å². The maximum absolute atomic E-state index is 12.9. The van der Waals surface area contributed by atoms with E-state index in [1.54, 1.807) is 0 Å². The summed E-state index contributed by atoms with van der Waals surface area (Å²) in [6.45, 7) is 1.19. The van der Waals surface area contributed by atoms with Crippen LogP contribution in [0.3, 0.4) is 0 Å². The number of aromatic nitrogens is 1. The molecule has 0 spiro atoms. The molecule has 0 unspecified atom stereocenters. The highest BCUT2D eigenvalue weighted by Crippen LogP contribution is 2.13. The molecular weight excluding hydrogens is 299 g/mol. The largest absolute Gasteiger partial charge is 0.376 e. The normalized spacial score (nSPS) is 17.2. The number of aromatic amines is 1. The molecule has 120 valence electrons. The summed E-state index contributed by atoms with van der Waals surface area (Å²) in [5.41, 5.74) is 1.05. The maximum Gasteiger partial charge on any atom is 0.267 e. The van der Waals surface area contributed by atoms with Gasteiger partial charge in [0.15, 0.2) is 5.78 Å². The number of benzene rings is 1. The van der Waals surface area contributed by atoms with Crippen molar-refractivity contribution in [2.45, 2.75) is 18.9 Å². The number of halogens is 1. The van der Waals surface area contributed by atoms with Crippen molar-refractivity contribution in [3.63, 3.8) is 0 Å². The maximum atomic E-state index is 12.9. The van der Waals surface area contributed by atoms with Gasteiger partial charge in [-0.2, -0.15) is 0 Å². The van der Waals surface area contributed by atoms with Gasteiger partial charge in [-0.15, -0.1) is 0 Å². The lowest BCUT2D eigenvalue weighted by Gasteiger charge is -2.09. The molecule has 1 saturated heterocycles. The molecule has 6 heteroatoms. The number of hydrogen-bond donors (Lipinski definition) is 2. The second-order valence-electron chi connectivity index (χ2n) is 5.48. The van der Waals surface area contributed by atoms with Gasteiger partial charge in [0.25, 0.3) is 5.91 Å². The minimum absolute atomic E-state index is 0.0641. The number of carbonyl (C=O) groups excluding carboxylic acids is 2. The zero-order valence-electron chi connectivity index (χ0n) is 12.5. The van der Waals surface area contributed by atoms with Crippen LogP contribution in [0.25, 0.3) is 0 Å². The van der Waals surface area contributed by atoms with E-state index in [9.17, 15) is 14.0 Å². The Morgan fingerprint density at radius 2 is 2.04 bits per heavy atom. The van der Waals surface area contributed by atoms with Crippen molar-refractivity contribution in [3.8, 4) is 0 Å². The summed E-state index contributed by atoms with van der Waals surface area (Å²) >= 11 is 0. The summed E-state index contributed by atoms with van der Waals surface area (Å²) in [4.78, 5) is 27.1. The highest BCUT2D eigenvalue weighted by Gasteiger charge is 2.18. The summed E-state index contributed by atoms with van der Waals surface area (Å²) in [6.07, 6.45) is 3.50. The third kappa shape index (κ3) is 3.65. The van der Waals surface area contributed by atoms with Crippen molar-refractivity contribution in [1.29, 1.82) is 0 Å². The van der Waals surface area contributed by atoms with Crippen LogP contribution in [0.15, 0.2) is 36.5 Å². The van der Waals surface area contributed by atoms with Crippen molar-refractivity contribution in [3.05, 3.63) is 59.2 Å². The summed E-state index contributed by atoms with van der Waals surface area (Å²) < 4.78 is 18.3. The molecule has 23 heavy (non-hydrogen) atoms. The minimum Gasteiger partial charge on any atom is -0.376 e. The van der Waals surface area contributed by atoms with Crippen LogP contribution in [0.4, 0.5) is 4.39 Å². The van der Waals surface area contributed by atoms with Gasteiger partial charge in [0.1, 0.15) is 11.5 Å². The average Bonchev–Trinajstić information content (AvgIpc) is 3.24. The van der Waals surface area contributed by atoms with Crippen molar-refractivity contribution < 1.29 is 18.7 Å². The molecule has 2 aromatic rings. The van der Waals surface area contributed by atoms with Crippen LogP contribution in [0.1, 0.15) is 39.3 Å². The molecular formula is C17H17FN2O3. The fraction of sp³-hybridized carbons (Fsp3) is 0.294. The van der Waals surface area contributed by atoms with Gasteiger partial charge in [-0.1, -0.05) is 0 Å². The summed E-state index contributed by atoms with van der Waals surface area (Å²) in [5.74, 6) is -0.942. The van der Waals surface area contributed by atoms with Crippen LogP contribution in [0.5, 0.6) is 0 Å². The lowest BCUT2D eigenvalue weighted by molar-refractivity contribution is 0.0854. The standard InChI is InChI=1S/C17H17FN2O3/c18-13-5-3-11(4-6-13)16(21)12-8-15(19-9-12)17(22)20-10-14-2-1-7-23-14/h3-6,8-9,14,19H,1-2,7,10H2,(H,20,22)/t14-/m0/s1. The fourth-order valence-corrected chi connectivity index (χ4v) is 2.53. The summed E-state index contributed by atoms with van der Waals surface area (Å²) in [5, 5.41) is 2.78. The van der Waals surface area contributed by atoms with E-state index in [1.165, 1.54) is 36.5 Å². The Morgan fingerprint density at radius 3 is 2.74 bits per heavy atom. The SMILES string of the molecule is O=C(c1ccc(F)cc1)c1c[nH]c(C(=O)NC[C@@H]2CCCO2)c1. The van der Waals surface area contributed by atoms with E-state index in [-0.39, 0.29) is 17.8 Å². The number of ether oxygens (including phenoxy) is 1. The van der Waals surface area contributed by atoms with Gasteiger partial charge >= 0.3 is 0 Å². The van der Waals surface area contributed by atoms with Crippen LogP contribution in [0, 0.1) is 5.82 Å². The summed E-state index contributed by atoms with van der Waals surface area (Å²) in [7, 11) is 0. The Balaban J connectivity index is 1.63. The number of hydrogen-bond acceptors (Lipinski definition) is 3. The zero-order chi connectivity index (χ0) is 16.2. The highest BCUT2D eigenvalue weighted by atomic mass is 19.1. The summed E-state index contributed by atoms with van der Waals surface area (Å²) in [6, 6.07) is 6.80. The van der Waals surface area contributed by atoms with Crippen LogP contribution < -0.4 is 5.32 Å². The Kier molecular flexibility index (Phi) is 4.52. The second kappa shape index (κ2) is 6.75. The Bertz CT molecular complexity index is 703. The number of nitrogens with one attached hydrogen (secondary N) is 2. The Morgan fingerprint density at radius 1 is 1.26 bits per heavy atom. The van der Waals surface area contributed by atoms with Gasteiger partial charge in [0, 0.05) is 30.5 Å². The smallest absolute Gasteiger partial charge is 0.267 e. The number of ketones is 1. The van der Waals surface area contributed by atoms with E-state index in [2.05, 4.69) is 10.3 Å². The third-order valence-corrected chi connectivity index (χ3v) is 3.81. The van der Waals surface area contributed by atoms with Gasteiger partial charge in [-0.25, -0.2) is 4.39 Å². The van der Waals surface area contributed by atoms with Gasteiger partial charge in [0.2, 0.25) is 0 Å². The van der Waals surface area contributed by atoms with E-state index in [0.717, 1.165) is 19.4 Å². The molecule has 1 aliphatic heterocycles. The quantitative estimate of drug-likeness (QED) is 0.832. The predicted molar refractivity (Wildman–Crippen MR) is 81.9 cm³/mol. The molecule has 1 fully saturated rings. The fourth-order valence-electron chi connectivity index (χ4n) is 2.53. The van der Waals surface area contributed by atoms with E-state index in [1.807, 2.05) is 0 Å². The number of rotatable bonds is 5. The monoisotopic (exact) mass is 316 g/mol. The second-order valence-corrected chi connectivity index (χ2v) is 5.48. The Hall–Kier alpha value is -2.47. The number of H-pyrrole nitrogens is 1. The molecule has 0 bridgehead atoms. The van der Waals surface area contributed by atoms with Crippen molar-refractivity contribution in [2.24, 2.45) is 0 Å². The van der Waals surface area contributed by atoms with E-state index >= 15 is 0 Å². The molecule has 1 amide bonds. The molecule has 1 aliphatic rings. The van der Waals surface area contributed by atoms with Crippen LogP contribution >= 0.6 is 0 Å². The molecule has 2 heterocycles. The highest BCUT2D eigenvalue weighted by molar-refractivity contribution is 6.10. The molecule has 5 nitrogen and oxygen atoms in total. The van der Waals surface area contributed by atoms with Crippen molar-refractivity contribution >= 4 is 11.7 Å². The number of carbonyl (C=O) groups is 2. The molecule has 0 radical (unpaired) electrons. The van der Waals surface area contributed by atoms with E-state index in [4.69, 9.17) is 4.74 Å². The zero-order valence-corrected chi connectivity index (χ0v) is 12.5. The third-order valence-electron chi connectivity index (χ3n) is 3.81. The van der Waals surface area contributed by atoms with E-state index < -0.39 is 5.82 Å². The molecule has 2 N–H and O–H groups in total. The first kappa shape index (κ1) is 15.4. The van der Waals surface area contributed by atoms with Gasteiger partial charge in [0.05, 0.1) is 6.10 Å². The molecule has 1 aromatic heterocycles. The molecule has 1 atom stereocenters.